The van der Waals surface area contributed by atoms with Crippen LogP contribution in [0.15, 0.2) is 41.2 Å². The molecule has 38 heavy (non-hydrogen) atoms. The van der Waals surface area contributed by atoms with E-state index < -0.39 is 49.3 Å². The summed E-state index contributed by atoms with van der Waals surface area (Å²) in [5, 5.41) is 2.70. The lowest BCUT2D eigenvalue weighted by Gasteiger charge is -2.33. The molecule has 2 heterocycles. The van der Waals surface area contributed by atoms with E-state index in [0.717, 1.165) is 11.1 Å². The van der Waals surface area contributed by atoms with E-state index in [0.29, 0.717) is 0 Å². The molecule has 3 aliphatic rings. The number of aromatic nitrogens is 1. The zero-order valence-electron chi connectivity index (χ0n) is 20.8. The van der Waals surface area contributed by atoms with Crippen LogP contribution in [0.25, 0.3) is 0 Å². The molecule has 0 atom stereocenters. The molecule has 1 aliphatic heterocycles. The van der Waals surface area contributed by atoms with Gasteiger partial charge in [0.1, 0.15) is 11.3 Å². The minimum absolute atomic E-state index is 0.0125. The number of fused-ring (bicyclic) bond motifs is 1. The number of halogens is 3. The Hall–Kier alpha value is -3.15. The molecule has 1 aromatic carbocycles. The van der Waals surface area contributed by atoms with E-state index >= 15 is 0 Å². The van der Waals surface area contributed by atoms with Gasteiger partial charge in [0.15, 0.2) is 9.84 Å². The minimum Gasteiger partial charge on any atom is -0.348 e. The lowest BCUT2D eigenvalue weighted by molar-refractivity contribution is -0.180. The summed E-state index contributed by atoms with van der Waals surface area (Å²) >= 11 is 0. The van der Waals surface area contributed by atoms with Gasteiger partial charge in [-0.15, -0.1) is 0 Å². The predicted molar refractivity (Wildman–Crippen MR) is 132 cm³/mol. The maximum Gasteiger partial charge on any atom is 0.395 e. The second-order valence-electron chi connectivity index (χ2n) is 10.7. The number of carbonyl (C=O) groups is 2. The van der Waals surface area contributed by atoms with Crippen LogP contribution in [0.5, 0.6) is 0 Å². The Bertz CT molecular complexity index is 1460. The van der Waals surface area contributed by atoms with Crippen molar-refractivity contribution in [1.29, 1.82) is 0 Å². The van der Waals surface area contributed by atoms with Crippen molar-refractivity contribution in [1.82, 2.24) is 14.8 Å². The molecular formula is C26H28F3N3O5S. The summed E-state index contributed by atoms with van der Waals surface area (Å²) in [6.07, 6.45) is -4.60. The molecule has 12 heteroatoms. The van der Waals surface area contributed by atoms with Crippen LogP contribution in [0.2, 0.25) is 0 Å². The highest BCUT2D eigenvalue weighted by atomic mass is 32.2. The van der Waals surface area contributed by atoms with Crippen molar-refractivity contribution in [3.8, 4) is 0 Å². The zero-order chi connectivity index (χ0) is 27.5. The van der Waals surface area contributed by atoms with Gasteiger partial charge in [-0.25, -0.2) is 8.42 Å². The molecule has 1 aromatic heterocycles. The van der Waals surface area contributed by atoms with Crippen molar-refractivity contribution in [3.05, 3.63) is 69.1 Å². The molecule has 0 saturated heterocycles. The van der Waals surface area contributed by atoms with Crippen LogP contribution in [0, 0.1) is 12.3 Å². The van der Waals surface area contributed by atoms with E-state index in [4.69, 9.17) is 0 Å². The van der Waals surface area contributed by atoms with Gasteiger partial charge in [0.2, 0.25) is 0 Å². The Labute approximate surface area is 217 Å². The molecule has 2 aromatic rings. The fourth-order valence-corrected chi connectivity index (χ4v) is 7.57. The van der Waals surface area contributed by atoms with Crippen LogP contribution in [0.3, 0.4) is 0 Å². The fourth-order valence-electron chi connectivity index (χ4n) is 5.01. The summed E-state index contributed by atoms with van der Waals surface area (Å²) in [5.41, 5.74) is -0.983. The maximum atomic E-state index is 13.4. The third kappa shape index (κ3) is 4.63. The topological polar surface area (TPSA) is 106 Å². The van der Waals surface area contributed by atoms with Gasteiger partial charge in [-0.1, -0.05) is 29.8 Å². The molecule has 5 rings (SSSR count). The van der Waals surface area contributed by atoms with E-state index in [1.807, 2.05) is 31.2 Å². The third-order valence-corrected chi connectivity index (χ3v) is 10.7. The van der Waals surface area contributed by atoms with Gasteiger partial charge in [-0.05, 0) is 50.3 Å². The highest BCUT2D eigenvalue weighted by molar-refractivity contribution is 7.93. The van der Waals surface area contributed by atoms with E-state index in [-0.39, 0.29) is 63.1 Å². The van der Waals surface area contributed by atoms with Crippen LogP contribution < -0.4 is 10.9 Å². The minimum atomic E-state index is -4.58. The van der Waals surface area contributed by atoms with Gasteiger partial charge in [-0.3, -0.25) is 14.4 Å². The molecule has 0 spiro atoms. The summed E-state index contributed by atoms with van der Waals surface area (Å²) in [7, 11) is -4.12. The quantitative estimate of drug-likeness (QED) is 0.543. The average Bonchev–Trinajstić information content (AvgIpc) is 3.77. The van der Waals surface area contributed by atoms with Gasteiger partial charge >= 0.3 is 6.18 Å². The molecule has 0 unspecified atom stereocenters. The SMILES string of the molecule is Cc1ccc(CNC(=O)c2ccc3n(c2=O)CCN(CC2(S(=O)(=O)CC4(C(F)(F)F)CC4)CC2)C3=O)cc1. The highest BCUT2D eigenvalue weighted by Crippen LogP contribution is 2.60. The highest BCUT2D eigenvalue weighted by Gasteiger charge is 2.68. The number of benzene rings is 1. The molecular weight excluding hydrogens is 523 g/mol. The van der Waals surface area contributed by atoms with Gasteiger partial charge in [-0.2, -0.15) is 13.2 Å². The monoisotopic (exact) mass is 551 g/mol. The van der Waals surface area contributed by atoms with E-state index in [1.54, 1.807) is 0 Å². The smallest absolute Gasteiger partial charge is 0.348 e. The number of carbonyl (C=O) groups excluding carboxylic acids is 2. The van der Waals surface area contributed by atoms with Crippen molar-refractivity contribution in [2.45, 2.75) is 56.6 Å². The summed E-state index contributed by atoms with van der Waals surface area (Å²) < 4.78 is 66.1. The van der Waals surface area contributed by atoms with Crippen LogP contribution in [0.1, 0.15) is 57.7 Å². The summed E-state index contributed by atoms with van der Waals surface area (Å²) in [6, 6.07) is 10.2. The van der Waals surface area contributed by atoms with Crippen LogP contribution >= 0.6 is 0 Å². The summed E-state index contributed by atoms with van der Waals surface area (Å²) in [5.74, 6) is -2.12. The summed E-state index contributed by atoms with van der Waals surface area (Å²) in [6.45, 7) is 2.01. The number of amides is 2. The number of aryl methyl sites for hydroxylation is 1. The maximum absolute atomic E-state index is 13.4. The first-order valence-corrected chi connectivity index (χ1v) is 14.1. The molecule has 8 nitrogen and oxygen atoms in total. The van der Waals surface area contributed by atoms with Gasteiger partial charge in [0, 0.05) is 26.2 Å². The Balaban J connectivity index is 1.28. The number of nitrogens with one attached hydrogen (secondary N) is 1. The number of alkyl halides is 3. The Morgan fingerprint density at radius 3 is 2.24 bits per heavy atom. The Morgan fingerprint density at radius 1 is 1.00 bits per heavy atom. The first-order valence-electron chi connectivity index (χ1n) is 12.4. The van der Waals surface area contributed by atoms with Crippen molar-refractivity contribution in [2.75, 3.05) is 18.8 Å². The second kappa shape index (κ2) is 8.96. The van der Waals surface area contributed by atoms with Crippen molar-refractivity contribution < 1.29 is 31.2 Å². The normalized spacial score (nSPS) is 19.6. The number of sulfone groups is 1. The number of nitrogens with zero attached hydrogens (tertiary/aromatic N) is 2. The van der Waals surface area contributed by atoms with E-state index in [1.165, 1.54) is 21.6 Å². The number of pyridine rings is 1. The second-order valence-corrected chi connectivity index (χ2v) is 13.1. The van der Waals surface area contributed by atoms with E-state index in [9.17, 15) is 36.0 Å². The summed E-state index contributed by atoms with van der Waals surface area (Å²) in [4.78, 5) is 40.1. The lowest BCUT2D eigenvalue weighted by Crippen LogP contribution is -2.50. The first kappa shape index (κ1) is 26.5. The molecule has 2 saturated carbocycles. The third-order valence-electron chi connectivity index (χ3n) is 7.96. The van der Waals surface area contributed by atoms with Crippen molar-refractivity contribution in [2.24, 2.45) is 5.41 Å². The number of rotatable bonds is 8. The molecule has 2 fully saturated rings. The molecule has 204 valence electrons. The van der Waals surface area contributed by atoms with Crippen molar-refractivity contribution >= 4 is 21.7 Å². The first-order chi connectivity index (χ1) is 17.8. The van der Waals surface area contributed by atoms with Crippen LogP contribution in [-0.2, 0) is 22.9 Å². The number of hydrogen-bond acceptors (Lipinski definition) is 5. The average molecular weight is 552 g/mol. The Morgan fingerprint density at radius 2 is 1.66 bits per heavy atom. The Kier molecular flexibility index (Phi) is 6.24. The molecule has 1 N–H and O–H groups in total. The predicted octanol–water partition coefficient (Wildman–Crippen LogP) is 2.83. The lowest BCUT2D eigenvalue weighted by atomic mass is 10.1. The number of hydrogen-bond donors (Lipinski definition) is 1. The van der Waals surface area contributed by atoms with Crippen LogP contribution in [-0.4, -0.2) is 59.5 Å². The van der Waals surface area contributed by atoms with Gasteiger partial charge < -0.3 is 14.8 Å². The molecule has 2 aliphatic carbocycles. The molecule has 0 radical (unpaired) electrons. The van der Waals surface area contributed by atoms with Gasteiger partial charge in [0.25, 0.3) is 17.4 Å². The van der Waals surface area contributed by atoms with E-state index in [2.05, 4.69) is 5.32 Å². The van der Waals surface area contributed by atoms with Crippen molar-refractivity contribution in [3.63, 3.8) is 0 Å². The van der Waals surface area contributed by atoms with Gasteiger partial charge in [0.05, 0.1) is 15.9 Å². The fraction of sp³-hybridized carbons (Fsp3) is 0.500. The molecule has 2 amide bonds. The zero-order valence-corrected chi connectivity index (χ0v) is 21.6. The largest absolute Gasteiger partial charge is 0.395 e. The molecule has 0 bridgehead atoms. The van der Waals surface area contributed by atoms with Crippen LogP contribution in [0.4, 0.5) is 13.2 Å². The standard InChI is InChI=1S/C26H28F3N3O5S/c1-17-2-4-18(5-3-17)14-30-21(33)19-6-7-20-23(35)31(12-13-32(20)22(19)34)15-25(10-11-25)38(36,37)16-24(8-9-24)26(27,28)29/h2-7H,8-16H2,1H3,(H,30,33).